The molecule has 0 saturated heterocycles. The maximum atomic E-state index is 14.9. The molecular weight excluding hydrogens is 447 g/mol. The molecule has 0 N–H and O–H groups in total. The van der Waals surface area contributed by atoms with E-state index in [0.717, 1.165) is 10.4 Å². The molecular formula is C21H22F3N3O4S. The van der Waals surface area contributed by atoms with Crippen molar-refractivity contribution in [3.8, 4) is 11.5 Å². The summed E-state index contributed by atoms with van der Waals surface area (Å²) < 4.78 is 77.5. The number of hydrogen-bond acceptors (Lipinski definition) is 6. The number of ether oxygens (including phenoxy) is 1. The normalized spacial score (nSPS) is 12.8. The minimum absolute atomic E-state index is 0.0918. The number of alkyl halides is 2. The van der Waals surface area contributed by atoms with Crippen molar-refractivity contribution in [2.24, 2.45) is 5.92 Å². The van der Waals surface area contributed by atoms with Gasteiger partial charge in [0.05, 0.1) is 18.0 Å². The summed E-state index contributed by atoms with van der Waals surface area (Å²) in [6, 6.07) is 12.2. The molecule has 0 bridgehead atoms. The second-order valence-electron chi connectivity index (χ2n) is 7.23. The minimum Gasteiger partial charge on any atom is -0.415 e. The minimum atomic E-state index is -3.82. The van der Waals surface area contributed by atoms with E-state index in [-0.39, 0.29) is 41.8 Å². The number of rotatable bonds is 10. The van der Waals surface area contributed by atoms with Gasteiger partial charge < -0.3 is 9.15 Å². The topological polar surface area (TPSA) is 85.5 Å². The smallest absolute Gasteiger partial charge is 0.314 e. The quantitative estimate of drug-likeness (QED) is 0.437. The lowest BCUT2D eigenvalue weighted by atomic mass is 10.1. The van der Waals surface area contributed by atoms with Crippen LogP contribution in [0.3, 0.4) is 0 Å². The number of halogens is 3. The van der Waals surface area contributed by atoms with Crippen LogP contribution in [-0.2, 0) is 21.3 Å². The van der Waals surface area contributed by atoms with Gasteiger partial charge in [0.2, 0.25) is 15.9 Å². The van der Waals surface area contributed by atoms with Gasteiger partial charge in [-0.2, -0.15) is 8.78 Å². The van der Waals surface area contributed by atoms with Gasteiger partial charge >= 0.3 is 6.43 Å². The fourth-order valence-corrected chi connectivity index (χ4v) is 4.90. The summed E-state index contributed by atoms with van der Waals surface area (Å²) in [6.07, 6.45) is -2.94. The highest BCUT2D eigenvalue weighted by atomic mass is 32.2. The molecule has 0 spiro atoms. The lowest BCUT2D eigenvalue weighted by Crippen LogP contribution is -2.35. The molecule has 0 amide bonds. The van der Waals surface area contributed by atoms with Crippen LogP contribution in [0.1, 0.15) is 24.8 Å². The maximum Gasteiger partial charge on any atom is 0.314 e. The van der Waals surface area contributed by atoms with Crippen LogP contribution in [0, 0.1) is 11.7 Å². The molecule has 1 aromatic heterocycles. The van der Waals surface area contributed by atoms with Crippen molar-refractivity contribution in [3.63, 3.8) is 0 Å². The molecule has 2 aromatic carbocycles. The number of para-hydroxylation sites is 1. The fourth-order valence-electron chi connectivity index (χ4n) is 3.13. The van der Waals surface area contributed by atoms with Crippen LogP contribution in [0.2, 0.25) is 0 Å². The van der Waals surface area contributed by atoms with Crippen molar-refractivity contribution in [2.75, 3.05) is 23.8 Å². The van der Waals surface area contributed by atoms with E-state index in [9.17, 15) is 21.6 Å². The Morgan fingerprint density at radius 1 is 1.12 bits per heavy atom. The molecule has 0 saturated carbocycles. The monoisotopic (exact) mass is 469 g/mol. The third-order valence-electron chi connectivity index (χ3n) is 4.57. The number of hydrogen-bond donors (Lipinski definition) is 0. The fraction of sp³-hybridized carbons (Fsp3) is 0.333. The number of aromatic nitrogens is 2. The van der Waals surface area contributed by atoms with Crippen LogP contribution in [-0.4, -0.2) is 38.1 Å². The van der Waals surface area contributed by atoms with Gasteiger partial charge in [0.1, 0.15) is 5.82 Å². The van der Waals surface area contributed by atoms with Gasteiger partial charge in [-0.15, -0.1) is 10.2 Å². The molecule has 32 heavy (non-hydrogen) atoms. The molecule has 172 valence electrons. The maximum absolute atomic E-state index is 14.9. The number of nitrogens with zero attached hydrogens (tertiary/aromatic N) is 3. The van der Waals surface area contributed by atoms with E-state index in [1.54, 1.807) is 37.3 Å². The first-order valence-corrected chi connectivity index (χ1v) is 11.3. The summed E-state index contributed by atoms with van der Waals surface area (Å²) in [4.78, 5) is 0. The summed E-state index contributed by atoms with van der Waals surface area (Å²) in [5.74, 6) is -2.32. The van der Waals surface area contributed by atoms with Gasteiger partial charge in [-0.05, 0) is 30.2 Å². The molecule has 1 atom stereocenters. The average Bonchev–Trinajstić information content (AvgIpc) is 3.24. The lowest BCUT2D eigenvalue weighted by Gasteiger charge is -2.26. The van der Waals surface area contributed by atoms with E-state index in [1.807, 2.05) is 0 Å². The third kappa shape index (κ3) is 5.65. The Morgan fingerprint density at radius 3 is 2.44 bits per heavy atom. The van der Waals surface area contributed by atoms with Crippen LogP contribution in [0.25, 0.3) is 11.5 Å². The Morgan fingerprint density at radius 2 is 1.84 bits per heavy atom. The summed E-state index contributed by atoms with van der Waals surface area (Å²) in [6.45, 7) is 1.75. The van der Waals surface area contributed by atoms with Crippen molar-refractivity contribution in [2.45, 2.75) is 19.9 Å². The predicted octanol–water partition coefficient (Wildman–Crippen LogP) is 4.43. The second kappa shape index (κ2) is 10.1. The van der Waals surface area contributed by atoms with E-state index >= 15 is 0 Å². The Hall–Kier alpha value is -2.92. The van der Waals surface area contributed by atoms with Crippen molar-refractivity contribution < 1.29 is 30.7 Å². The average molecular weight is 469 g/mol. The first-order valence-electron chi connectivity index (χ1n) is 9.66. The first-order chi connectivity index (χ1) is 15.2. The molecule has 3 aromatic rings. The van der Waals surface area contributed by atoms with E-state index in [0.29, 0.717) is 5.69 Å². The molecule has 0 aliphatic carbocycles. The number of benzene rings is 2. The summed E-state index contributed by atoms with van der Waals surface area (Å²) >= 11 is 0. The summed E-state index contributed by atoms with van der Waals surface area (Å²) in [7, 11) is -2.33. The van der Waals surface area contributed by atoms with Crippen molar-refractivity contribution in [1.82, 2.24) is 10.2 Å². The number of sulfonamides is 1. The lowest BCUT2D eigenvalue weighted by molar-refractivity contribution is 0.116. The van der Waals surface area contributed by atoms with E-state index in [1.165, 1.54) is 19.2 Å². The van der Waals surface area contributed by atoms with Gasteiger partial charge in [-0.1, -0.05) is 31.2 Å². The van der Waals surface area contributed by atoms with Crippen LogP contribution in [0.5, 0.6) is 0 Å². The molecule has 1 unspecified atom stereocenters. The number of methoxy groups -OCH3 is 1. The molecule has 3 rings (SSSR count). The summed E-state index contributed by atoms with van der Waals surface area (Å²) in [5.41, 5.74) is 0.585. The van der Waals surface area contributed by atoms with E-state index < -0.39 is 28.2 Å². The van der Waals surface area contributed by atoms with Gasteiger partial charge in [0.15, 0.2) is 0 Å². The third-order valence-corrected chi connectivity index (χ3v) is 6.57. The van der Waals surface area contributed by atoms with Crippen molar-refractivity contribution in [3.05, 3.63) is 65.8 Å². The Kier molecular flexibility index (Phi) is 7.52. The first kappa shape index (κ1) is 23.7. The molecule has 0 radical (unpaired) electrons. The molecule has 0 aliphatic rings. The van der Waals surface area contributed by atoms with Gasteiger partial charge in [0.25, 0.3) is 5.89 Å². The molecule has 1 heterocycles. The molecule has 7 nitrogen and oxygen atoms in total. The highest BCUT2D eigenvalue weighted by molar-refractivity contribution is 7.92. The van der Waals surface area contributed by atoms with Gasteiger partial charge in [-0.25, -0.2) is 12.8 Å². The largest absolute Gasteiger partial charge is 0.415 e. The van der Waals surface area contributed by atoms with E-state index in [4.69, 9.17) is 9.15 Å². The van der Waals surface area contributed by atoms with Gasteiger partial charge in [0, 0.05) is 24.8 Å². The van der Waals surface area contributed by atoms with Gasteiger partial charge in [-0.3, -0.25) is 4.31 Å². The number of anilines is 1. The molecule has 0 fully saturated rings. The SMILES string of the molecule is COCC(C)CS(=O)(=O)N(Cc1ccc(-c2nnc(C(F)F)o2)cc1F)c1ccccc1. The van der Waals surface area contributed by atoms with Crippen LogP contribution in [0.15, 0.2) is 52.9 Å². The Bertz CT molecular complexity index is 1140. The van der Waals surface area contributed by atoms with Crippen LogP contribution in [0.4, 0.5) is 18.9 Å². The highest BCUT2D eigenvalue weighted by Gasteiger charge is 2.26. The Labute approximate surface area is 183 Å². The predicted molar refractivity (Wildman–Crippen MR) is 112 cm³/mol. The Balaban J connectivity index is 1.90. The van der Waals surface area contributed by atoms with E-state index in [2.05, 4.69) is 10.2 Å². The van der Waals surface area contributed by atoms with Crippen molar-refractivity contribution >= 4 is 15.7 Å². The van der Waals surface area contributed by atoms with Crippen molar-refractivity contribution in [1.29, 1.82) is 0 Å². The highest BCUT2D eigenvalue weighted by Crippen LogP contribution is 2.27. The zero-order valence-corrected chi connectivity index (χ0v) is 18.2. The standard InChI is InChI=1S/C21H22F3N3O4S/c1-14(12-30-2)13-32(28,29)27(17-6-4-3-5-7-17)11-16-9-8-15(10-18(16)22)20-25-26-21(31-20)19(23)24/h3-10,14,19H,11-13H2,1-2H3. The summed E-state index contributed by atoms with van der Waals surface area (Å²) in [5, 5.41) is 6.72. The molecule has 0 aliphatic heterocycles. The van der Waals surface area contributed by atoms with Crippen LogP contribution < -0.4 is 4.31 Å². The molecule has 11 heteroatoms. The second-order valence-corrected chi connectivity index (χ2v) is 9.17. The zero-order chi connectivity index (χ0) is 23.3. The van der Waals surface area contributed by atoms with Crippen LogP contribution >= 0.6 is 0 Å². The zero-order valence-electron chi connectivity index (χ0n) is 17.4.